The number of carbonyl (C=O) groups excluding carboxylic acids is 1. The molecule has 2 aliphatic heterocycles. The monoisotopic (exact) mass is 230 g/mol. The van der Waals surface area contributed by atoms with Crippen molar-refractivity contribution in [2.24, 2.45) is 5.92 Å². The molecule has 15 heavy (non-hydrogen) atoms. The Labute approximate surface area is 92.9 Å². The van der Waals surface area contributed by atoms with Gasteiger partial charge in [-0.25, -0.2) is 0 Å². The molecule has 1 amide bonds. The third-order valence-corrected chi connectivity index (χ3v) is 4.45. The Kier molecular flexibility index (Phi) is 3.75. The molecule has 2 rings (SSSR count). The lowest BCUT2D eigenvalue weighted by Crippen LogP contribution is -2.46. The molecular weight excluding hydrogens is 212 g/mol. The Morgan fingerprint density at radius 3 is 2.40 bits per heavy atom. The fourth-order valence-electron chi connectivity index (χ4n) is 2.19. The van der Waals surface area contributed by atoms with E-state index in [0.29, 0.717) is 24.6 Å². The molecule has 0 aromatic rings. The number of nitrogens with one attached hydrogen (secondary N) is 1. The molecule has 1 N–H and O–H groups in total. The summed E-state index contributed by atoms with van der Waals surface area (Å²) in [7, 11) is -0.689. The van der Waals surface area contributed by atoms with Crippen LogP contribution in [0.15, 0.2) is 0 Å². The highest BCUT2D eigenvalue weighted by atomic mass is 32.2. The summed E-state index contributed by atoms with van der Waals surface area (Å²) in [4.78, 5) is 14.0. The van der Waals surface area contributed by atoms with Crippen molar-refractivity contribution in [2.75, 3.05) is 37.7 Å². The number of amides is 1. The minimum Gasteiger partial charge on any atom is -0.341 e. The maximum Gasteiger partial charge on any atom is 0.225 e. The first-order chi connectivity index (χ1) is 7.27. The van der Waals surface area contributed by atoms with Gasteiger partial charge in [0.15, 0.2) is 0 Å². The van der Waals surface area contributed by atoms with Crippen molar-refractivity contribution in [2.45, 2.75) is 12.8 Å². The van der Waals surface area contributed by atoms with Crippen LogP contribution in [0, 0.1) is 5.92 Å². The van der Waals surface area contributed by atoms with E-state index in [9.17, 15) is 9.00 Å². The number of hydrogen-bond acceptors (Lipinski definition) is 3. The van der Waals surface area contributed by atoms with Gasteiger partial charge in [0, 0.05) is 41.3 Å². The minimum absolute atomic E-state index is 0.206. The van der Waals surface area contributed by atoms with Crippen molar-refractivity contribution in [3.05, 3.63) is 0 Å². The third-order valence-electron chi connectivity index (χ3n) is 3.18. The largest absolute Gasteiger partial charge is 0.341 e. The SMILES string of the molecule is O=C(C1CCNCC1)N1CCS(=O)CC1. The zero-order valence-electron chi connectivity index (χ0n) is 8.91. The Morgan fingerprint density at radius 1 is 1.20 bits per heavy atom. The smallest absolute Gasteiger partial charge is 0.225 e. The van der Waals surface area contributed by atoms with Gasteiger partial charge in [0.1, 0.15) is 0 Å². The number of carbonyl (C=O) groups is 1. The van der Waals surface area contributed by atoms with Crippen molar-refractivity contribution in [3.8, 4) is 0 Å². The Balaban J connectivity index is 1.86. The van der Waals surface area contributed by atoms with Gasteiger partial charge in [0.2, 0.25) is 5.91 Å². The van der Waals surface area contributed by atoms with E-state index in [1.54, 1.807) is 0 Å². The highest BCUT2D eigenvalue weighted by molar-refractivity contribution is 7.85. The van der Waals surface area contributed by atoms with Gasteiger partial charge in [0.05, 0.1) is 0 Å². The van der Waals surface area contributed by atoms with Crippen LogP contribution in [0.5, 0.6) is 0 Å². The lowest BCUT2D eigenvalue weighted by molar-refractivity contribution is -0.136. The lowest BCUT2D eigenvalue weighted by Gasteiger charge is -2.31. The number of nitrogens with zero attached hydrogens (tertiary/aromatic N) is 1. The van der Waals surface area contributed by atoms with E-state index in [2.05, 4.69) is 5.32 Å². The molecule has 0 aromatic heterocycles. The second-order valence-electron chi connectivity index (χ2n) is 4.20. The number of hydrogen-bond donors (Lipinski definition) is 1. The van der Waals surface area contributed by atoms with Crippen LogP contribution in [0.4, 0.5) is 0 Å². The average molecular weight is 230 g/mol. The fraction of sp³-hybridized carbons (Fsp3) is 0.900. The van der Waals surface area contributed by atoms with Crippen LogP contribution >= 0.6 is 0 Å². The maximum atomic E-state index is 12.1. The minimum atomic E-state index is -0.689. The molecule has 0 aromatic carbocycles. The molecule has 2 aliphatic rings. The fourth-order valence-corrected chi connectivity index (χ4v) is 3.24. The summed E-state index contributed by atoms with van der Waals surface area (Å²) >= 11 is 0. The number of piperidine rings is 1. The Hall–Kier alpha value is -0.420. The Bertz CT molecular complexity index is 254. The van der Waals surface area contributed by atoms with Crippen molar-refractivity contribution in [1.29, 1.82) is 0 Å². The second kappa shape index (κ2) is 5.07. The van der Waals surface area contributed by atoms with E-state index < -0.39 is 10.8 Å². The van der Waals surface area contributed by atoms with Gasteiger partial charge in [-0.1, -0.05) is 0 Å². The van der Waals surface area contributed by atoms with E-state index in [-0.39, 0.29) is 11.8 Å². The van der Waals surface area contributed by atoms with Crippen molar-refractivity contribution < 1.29 is 9.00 Å². The highest BCUT2D eigenvalue weighted by Crippen LogP contribution is 2.16. The predicted molar refractivity (Wildman–Crippen MR) is 60.1 cm³/mol. The van der Waals surface area contributed by atoms with Crippen molar-refractivity contribution in [1.82, 2.24) is 10.2 Å². The molecule has 0 spiro atoms. The normalized spacial score (nSPS) is 25.5. The Morgan fingerprint density at radius 2 is 1.80 bits per heavy atom. The molecule has 2 fully saturated rings. The molecule has 2 heterocycles. The van der Waals surface area contributed by atoms with Crippen molar-refractivity contribution >= 4 is 16.7 Å². The summed E-state index contributed by atoms with van der Waals surface area (Å²) in [6.07, 6.45) is 1.91. The first-order valence-corrected chi connectivity index (χ1v) is 7.10. The van der Waals surface area contributed by atoms with Gasteiger partial charge in [-0.2, -0.15) is 0 Å². The second-order valence-corrected chi connectivity index (χ2v) is 5.89. The van der Waals surface area contributed by atoms with E-state index >= 15 is 0 Å². The molecule has 0 saturated carbocycles. The van der Waals surface area contributed by atoms with E-state index in [4.69, 9.17) is 0 Å². The van der Waals surface area contributed by atoms with Gasteiger partial charge < -0.3 is 10.2 Å². The molecule has 0 atom stereocenters. The van der Waals surface area contributed by atoms with Crippen LogP contribution in [0.1, 0.15) is 12.8 Å². The van der Waals surface area contributed by atoms with Gasteiger partial charge >= 0.3 is 0 Å². The van der Waals surface area contributed by atoms with Crippen LogP contribution in [-0.4, -0.2) is 52.7 Å². The molecule has 0 unspecified atom stereocenters. The quantitative estimate of drug-likeness (QED) is 0.665. The van der Waals surface area contributed by atoms with Crippen LogP contribution < -0.4 is 5.32 Å². The molecule has 2 saturated heterocycles. The summed E-state index contributed by atoms with van der Waals surface area (Å²) in [5, 5.41) is 3.26. The average Bonchev–Trinajstić information content (AvgIpc) is 2.30. The van der Waals surface area contributed by atoms with E-state index in [1.807, 2.05) is 4.90 Å². The summed E-state index contributed by atoms with van der Waals surface area (Å²) < 4.78 is 11.2. The summed E-state index contributed by atoms with van der Waals surface area (Å²) in [5.74, 6) is 1.82. The van der Waals surface area contributed by atoms with Crippen LogP contribution in [-0.2, 0) is 15.6 Å². The third kappa shape index (κ3) is 2.78. The molecule has 86 valence electrons. The van der Waals surface area contributed by atoms with Gasteiger partial charge in [-0.3, -0.25) is 9.00 Å². The summed E-state index contributed by atoms with van der Waals surface area (Å²) in [5.41, 5.74) is 0. The molecule has 0 aliphatic carbocycles. The molecular formula is C10H18N2O2S. The molecule has 0 radical (unpaired) electrons. The molecule has 5 heteroatoms. The predicted octanol–water partition coefficient (Wildman–Crippen LogP) is -0.423. The van der Waals surface area contributed by atoms with Gasteiger partial charge in [0.25, 0.3) is 0 Å². The van der Waals surface area contributed by atoms with Crippen LogP contribution in [0.25, 0.3) is 0 Å². The molecule has 4 nitrogen and oxygen atoms in total. The maximum absolute atomic E-state index is 12.1. The van der Waals surface area contributed by atoms with Crippen LogP contribution in [0.2, 0.25) is 0 Å². The summed E-state index contributed by atoms with van der Waals surface area (Å²) in [6.45, 7) is 3.29. The zero-order chi connectivity index (χ0) is 10.7. The zero-order valence-corrected chi connectivity index (χ0v) is 9.72. The van der Waals surface area contributed by atoms with E-state index in [1.165, 1.54) is 0 Å². The highest BCUT2D eigenvalue weighted by Gasteiger charge is 2.27. The lowest BCUT2D eigenvalue weighted by atomic mass is 9.96. The first-order valence-electron chi connectivity index (χ1n) is 5.62. The van der Waals surface area contributed by atoms with E-state index in [0.717, 1.165) is 25.9 Å². The van der Waals surface area contributed by atoms with Crippen LogP contribution in [0.3, 0.4) is 0 Å². The number of rotatable bonds is 1. The first kappa shape index (κ1) is 11.1. The topological polar surface area (TPSA) is 49.4 Å². The molecule has 0 bridgehead atoms. The van der Waals surface area contributed by atoms with Gasteiger partial charge in [-0.15, -0.1) is 0 Å². The van der Waals surface area contributed by atoms with Gasteiger partial charge in [-0.05, 0) is 25.9 Å². The standard InChI is InChI=1S/C10H18N2O2S/c13-10(9-1-3-11-4-2-9)12-5-7-15(14)8-6-12/h9,11H,1-8H2. The summed E-state index contributed by atoms with van der Waals surface area (Å²) in [6, 6.07) is 0. The van der Waals surface area contributed by atoms with Crippen molar-refractivity contribution in [3.63, 3.8) is 0 Å².